The Morgan fingerprint density at radius 1 is 1.09 bits per heavy atom. The van der Waals surface area contributed by atoms with E-state index in [0.29, 0.717) is 50.3 Å². The Kier molecular flexibility index (Phi) is 6.79. The van der Waals surface area contributed by atoms with Gasteiger partial charge in [-0.25, -0.2) is 23.7 Å². The quantitative estimate of drug-likeness (QED) is 0.224. The van der Waals surface area contributed by atoms with Gasteiger partial charge < -0.3 is 10.2 Å². The van der Waals surface area contributed by atoms with E-state index in [1.165, 1.54) is 41.8 Å². The van der Waals surface area contributed by atoms with Gasteiger partial charge in [-0.1, -0.05) is 28.9 Å². The van der Waals surface area contributed by atoms with Crippen molar-refractivity contribution >= 4 is 50.1 Å². The van der Waals surface area contributed by atoms with Gasteiger partial charge in [0.1, 0.15) is 17.6 Å². The van der Waals surface area contributed by atoms with Crippen LogP contribution in [0.4, 0.5) is 13.2 Å². The van der Waals surface area contributed by atoms with Crippen LogP contribution in [0.3, 0.4) is 0 Å². The molecule has 0 amide bonds. The lowest BCUT2D eigenvalue weighted by Crippen LogP contribution is -2.62. The molecule has 6 aliphatic rings. The first kappa shape index (κ1) is 32.5. The molecule has 4 aliphatic heterocycles. The third-order valence-corrected chi connectivity index (χ3v) is 14.0. The SMILES string of the molecule is O=S(=O)(N[C@H]1CC2=C(c3ccn(C(F)F)n3)[C@H](c3ccc(F)cc3Cl)N=C(c3nccs3)N2C1)N1C2CC(c3cn(-c4ccccn4)nn3)=C3NC4C1[C@]342. The second kappa shape index (κ2) is 11.3. The number of pyridine rings is 1. The molecule has 6 atom stereocenters. The van der Waals surface area contributed by atoms with E-state index in [1.54, 1.807) is 26.8 Å². The van der Waals surface area contributed by atoms with E-state index in [9.17, 15) is 21.6 Å². The molecular formula is C34H26ClF3N12O2S2. The minimum Gasteiger partial charge on any atom is -0.382 e. The van der Waals surface area contributed by atoms with Crippen LogP contribution >= 0.6 is 22.9 Å². The van der Waals surface area contributed by atoms with Crippen LogP contribution in [0, 0.1) is 11.2 Å². The molecule has 1 spiro atoms. The van der Waals surface area contributed by atoms with Gasteiger partial charge in [0.25, 0.3) is 10.2 Å². The average Bonchev–Trinajstić information content (AvgIpc) is 3.88. The van der Waals surface area contributed by atoms with Gasteiger partial charge in [0.05, 0.1) is 29.4 Å². The van der Waals surface area contributed by atoms with Gasteiger partial charge in [-0.05, 0) is 36.8 Å². The van der Waals surface area contributed by atoms with E-state index in [4.69, 9.17) is 16.6 Å². The van der Waals surface area contributed by atoms with Gasteiger partial charge in [-0.2, -0.15) is 31.3 Å². The van der Waals surface area contributed by atoms with Crippen molar-refractivity contribution in [1.29, 1.82) is 0 Å². The second-order valence-electron chi connectivity index (χ2n) is 14.0. The molecule has 2 N–H and O–H groups in total. The molecule has 3 unspecified atom stereocenters. The highest BCUT2D eigenvalue weighted by Crippen LogP contribution is 2.78. The van der Waals surface area contributed by atoms with Crippen molar-refractivity contribution < 1.29 is 21.6 Å². The minimum absolute atomic E-state index is 0.0245. The number of amidine groups is 1. The molecule has 0 bridgehead atoms. The lowest BCUT2D eigenvalue weighted by molar-refractivity contribution is 0.0564. The molecule has 0 radical (unpaired) electrons. The number of halogens is 4. The number of rotatable bonds is 9. The van der Waals surface area contributed by atoms with Gasteiger partial charge in [-0.3, -0.25) is 4.99 Å². The molecule has 11 rings (SSSR count). The van der Waals surface area contributed by atoms with Crippen LogP contribution in [0.5, 0.6) is 0 Å². The first-order chi connectivity index (χ1) is 26.1. The van der Waals surface area contributed by atoms with Crippen molar-refractivity contribution in [1.82, 2.24) is 54.0 Å². The molecule has 1 saturated carbocycles. The Morgan fingerprint density at radius 2 is 1.98 bits per heavy atom. The first-order valence-corrected chi connectivity index (χ1v) is 19.7. The maximum Gasteiger partial charge on any atom is 0.333 e. The zero-order valence-electron chi connectivity index (χ0n) is 27.6. The Balaban J connectivity index is 0.917. The van der Waals surface area contributed by atoms with E-state index in [-0.39, 0.29) is 47.2 Å². The van der Waals surface area contributed by atoms with Crippen molar-refractivity contribution in [2.45, 2.75) is 49.6 Å². The molecule has 54 heavy (non-hydrogen) atoms. The zero-order valence-corrected chi connectivity index (χ0v) is 30.0. The Labute approximate surface area is 313 Å². The largest absolute Gasteiger partial charge is 0.382 e. The normalized spacial score (nSPS) is 28.1. The first-order valence-electron chi connectivity index (χ1n) is 17.1. The molecule has 2 aliphatic carbocycles. The highest BCUT2D eigenvalue weighted by atomic mass is 35.5. The van der Waals surface area contributed by atoms with E-state index < -0.39 is 34.7 Å². The van der Waals surface area contributed by atoms with Crippen LogP contribution in [-0.2, 0) is 10.2 Å². The predicted molar refractivity (Wildman–Crippen MR) is 190 cm³/mol. The van der Waals surface area contributed by atoms with Gasteiger partial charge in [-0.15, -0.1) is 16.4 Å². The van der Waals surface area contributed by atoms with Gasteiger partial charge in [0.15, 0.2) is 16.7 Å². The third kappa shape index (κ3) is 4.43. The fourth-order valence-corrected chi connectivity index (χ4v) is 11.9. The van der Waals surface area contributed by atoms with Crippen LogP contribution in [0.2, 0.25) is 5.02 Å². The fourth-order valence-electron chi connectivity index (χ4n) is 9.10. The van der Waals surface area contributed by atoms with Gasteiger partial charge in [0.2, 0.25) is 0 Å². The molecule has 5 aromatic rings. The summed E-state index contributed by atoms with van der Waals surface area (Å²) in [5.74, 6) is 0.544. The highest BCUT2D eigenvalue weighted by Gasteiger charge is 2.92. The third-order valence-electron chi connectivity index (χ3n) is 11.3. The standard InChI is InChI=1S/C34H26ClF3N12O2S2/c35-20-11-16(36)4-5-18(20)27-26(21-6-9-48(44-21)33(37)38)23-12-17(14-47(23)31(41-27)32-40-8-10-53-32)45-54(51,52)50-24-13-19(28-34(24)29(42-28)30(34)50)22-15-49(46-43-22)25-3-1-2-7-39-25/h1-11,15,17,24,27,29-30,33,42,45H,12-14H2/t17-,24?,27-,29?,30?,34+/m0/s1. The molecule has 3 saturated heterocycles. The number of aromatic nitrogens is 7. The van der Waals surface area contributed by atoms with Crippen LogP contribution in [-0.4, -0.2) is 88.9 Å². The van der Waals surface area contributed by atoms with Crippen LogP contribution in [0.15, 0.2) is 89.0 Å². The summed E-state index contributed by atoms with van der Waals surface area (Å²) in [5, 5.41) is 18.8. The van der Waals surface area contributed by atoms with E-state index in [0.717, 1.165) is 11.3 Å². The summed E-state index contributed by atoms with van der Waals surface area (Å²) in [6.45, 7) is -2.70. The number of aliphatic imine (C=N–C) groups is 1. The second-order valence-corrected chi connectivity index (χ2v) is 16.9. The molecular weight excluding hydrogens is 765 g/mol. The lowest BCUT2D eigenvalue weighted by atomic mass is 9.87. The van der Waals surface area contributed by atoms with Crippen LogP contribution in [0.1, 0.15) is 47.4 Å². The Morgan fingerprint density at radius 3 is 2.74 bits per heavy atom. The summed E-state index contributed by atoms with van der Waals surface area (Å²) in [6, 6.07) is 8.95. The number of hydrogen-bond acceptors (Lipinski definition) is 11. The topological polar surface area (TPSA) is 151 Å². The van der Waals surface area contributed by atoms with Crippen molar-refractivity contribution in [2.75, 3.05) is 6.54 Å². The van der Waals surface area contributed by atoms with Gasteiger partial charge >= 0.3 is 6.55 Å². The number of alkyl halides is 2. The number of fused-ring (bicyclic) bond motifs is 2. The molecule has 1 aromatic carbocycles. The maximum absolute atomic E-state index is 14.4. The predicted octanol–water partition coefficient (Wildman–Crippen LogP) is 4.16. The van der Waals surface area contributed by atoms with Crippen LogP contribution < -0.4 is 10.0 Å². The Bertz CT molecular complexity index is 2590. The maximum atomic E-state index is 14.4. The number of hydrogen-bond donors (Lipinski definition) is 2. The lowest BCUT2D eigenvalue weighted by Gasteiger charge is -2.44. The van der Waals surface area contributed by atoms with Crippen molar-refractivity contribution in [3.8, 4) is 5.82 Å². The summed E-state index contributed by atoms with van der Waals surface area (Å²) in [7, 11) is -4.02. The van der Waals surface area contributed by atoms with E-state index >= 15 is 0 Å². The minimum atomic E-state index is -4.02. The summed E-state index contributed by atoms with van der Waals surface area (Å²) in [5.41, 5.74) is 4.16. The monoisotopic (exact) mass is 790 g/mol. The number of benzene rings is 1. The summed E-state index contributed by atoms with van der Waals surface area (Å²) in [4.78, 5) is 15.7. The Hall–Kier alpha value is -4.95. The average molecular weight is 791 g/mol. The number of nitrogens with one attached hydrogen (secondary N) is 2. The van der Waals surface area contributed by atoms with Crippen molar-refractivity contribution in [2.24, 2.45) is 10.4 Å². The van der Waals surface area contributed by atoms with Crippen LogP contribution in [0.25, 0.3) is 17.0 Å². The molecule has 4 aromatic heterocycles. The van der Waals surface area contributed by atoms with Crippen molar-refractivity contribution in [3.63, 3.8) is 0 Å². The molecule has 14 nitrogen and oxygen atoms in total. The fraction of sp³-hybridized carbons (Fsp3) is 0.294. The molecule has 274 valence electrons. The van der Waals surface area contributed by atoms with Gasteiger partial charge in [0, 0.05) is 82.1 Å². The molecule has 20 heteroatoms. The number of nitrogens with zero attached hydrogens (tertiary/aromatic N) is 10. The number of thiazole rings is 1. The summed E-state index contributed by atoms with van der Waals surface area (Å²) < 4.78 is 77.2. The molecule has 4 fully saturated rings. The van der Waals surface area contributed by atoms with E-state index in [2.05, 4.69) is 35.4 Å². The van der Waals surface area contributed by atoms with E-state index in [1.807, 2.05) is 29.3 Å². The molecule has 8 heterocycles. The zero-order chi connectivity index (χ0) is 36.7. The summed E-state index contributed by atoms with van der Waals surface area (Å²) in [6.07, 6.45) is 6.97. The summed E-state index contributed by atoms with van der Waals surface area (Å²) >= 11 is 7.94. The highest BCUT2D eigenvalue weighted by molar-refractivity contribution is 7.87. The smallest absolute Gasteiger partial charge is 0.333 e. The van der Waals surface area contributed by atoms with Crippen molar-refractivity contribution in [3.05, 3.63) is 117 Å².